The number of benzene rings is 9. The van der Waals surface area contributed by atoms with Crippen LogP contribution in [0.15, 0.2) is 164 Å². The van der Waals surface area contributed by atoms with Crippen molar-refractivity contribution >= 4 is 128 Å². The number of aromatic nitrogens is 3. The first-order valence-corrected chi connectivity index (χ1v) is 20.2. The smallest absolute Gasteiger partial charge is 0.235 e. The van der Waals surface area contributed by atoms with Crippen LogP contribution in [0.5, 0.6) is 0 Å². The first-order valence-electron chi connectivity index (χ1n) is 18.6. The zero-order valence-electron chi connectivity index (χ0n) is 29.2. The van der Waals surface area contributed by atoms with E-state index < -0.39 is 0 Å². The maximum absolute atomic E-state index is 5.61. The molecule has 0 fully saturated rings. The monoisotopic (exact) mass is 733 g/mol. The number of fused-ring (bicyclic) bond motifs is 18. The largest absolute Gasteiger partial charge is 0.278 e. The molecule has 0 aliphatic carbocycles. The number of hydrogen-bond acceptors (Lipinski definition) is 4. The van der Waals surface area contributed by atoms with Gasteiger partial charge in [0.2, 0.25) is 5.95 Å². The molecule has 55 heavy (non-hydrogen) atoms. The Kier molecular flexibility index (Phi) is 5.93. The maximum atomic E-state index is 5.61. The highest BCUT2D eigenvalue weighted by molar-refractivity contribution is 7.26. The Labute approximate surface area is 322 Å². The third kappa shape index (κ3) is 4.03. The van der Waals surface area contributed by atoms with E-state index in [9.17, 15) is 0 Å². The molecule has 13 rings (SSSR count). The Hall–Kier alpha value is -6.66. The van der Waals surface area contributed by atoms with Crippen LogP contribution in [0, 0.1) is 0 Å². The van der Waals surface area contributed by atoms with E-state index in [4.69, 9.17) is 9.97 Å². The van der Waals surface area contributed by atoms with E-state index in [2.05, 4.69) is 168 Å². The van der Waals surface area contributed by atoms with Gasteiger partial charge in [-0.15, -0.1) is 22.7 Å². The topological polar surface area (TPSA) is 30.7 Å². The lowest BCUT2D eigenvalue weighted by Crippen LogP contribution is -2.02. The molecule has 9 aromatic carbocycles. The Morgan fingerprint density at radius 1 is 0.382 bits per heavy atom. The highest BCUT2D eigenvalue weighted by atomic mass is 32.1. The molecule has 4 heterocycles. The van der Waals surface area contributed by atoms with E-state index in [-0.39, 0.29) is 0 Å². The van der Waals surface area contributed by atoms with E-state index in [0.717, 1.165) is 37.9 Å². The van der Waals surface area contributed by atoms with Crippen LogP contribution in [0.1, 0.15) is 0 Å². The van der Waals surface area contributed by atoms with Gasteiger partial charge in [0.25, 0.3) is 0 Å². The maximum Gasteiger partial charge on any atom is 0.235 e. The molecular formula is C50H27N3S2. The summed E-state index contributed by atoms with van der Waals surface area (Å²) in [6, 6.07) is 59.8. The molecule has 0 aliphatic heterocycles. The van der Waals surface area contributed by atoms with Gasteiger partial charge in [-0.2, -0.15) is 0 Å². The summed E-state index contributed by atoms with van der Waals surface area (Å²) in [6.07, 6.45) is 0. The molecule has 0 spiro atoms. The van der Waals surface area contributed by atoms with Gasteiger partial charge in [-0.3, -0.25) is 4.57 Å². The number of thiophene rings is 2. The van der Waals surface area contributed by atoms with Crippen LogP contribution in [-0.4, -0.2) is 14.5 Å². The van der Waals surface area contributed by atoms with E-state index in [1.54, 1.807) is 11.3 Å². The van der Waals surface area contributed by atoms with Crippen LogP contribution >= 0.6 is 22.7 Å². The first kappa shape index (κ1) is 29.8. The summed E-state index contributed by atoms with van der Waals surface area (Å²) in [6.45, 7) is 0. The highest BCUT2D eigenvalue weighted by Gasteiger charge is 2.24. The molecule has 254 valence electrons. The Bertz CT molecular complexity index is 3760. The SMILES string of the molecule is c1ccc2c(c1)ccc1c2c2c3c4ccccc4c4ccccc4c3ccc2n1-c1nc(-c2ccc3c(c2)sc2ccccc23)c2sc3ccccc3c2n1. The standard InChI is InChI=1S/C50H27N3S2/c1-2-12-30-28(11-1)22-25-39-45(30)46-40(26-24-37-33-15-4-3-13-31(33)32-14-5-6-17-36(32)44(37)46)53(39)50-51-47(49-48(52-50)38-18-8-10-20-42(38)55-49)29-21-23-35-34-16-7-9-19-41(34)54-43(35)27-29/h1-27H. The minimum Gasteiger partial charge on any atom is -0.278 e. The number of rotatable bonds is 2. The van der Waals surface area contributed by atoms with Crippen molar-refractivity contribution in [3.63, 3.8) is 0 Å². The lowest BCUT2D eigenvalue weighted by atomic mass is 9.91. The Morgan fingerprint density at radius 3 is 1.75 bits per heavy atom. The summed E-state index contributed by atoms with van der Waals surface area (Å²) in [5, 5.41) is 16.2. The lowest BCUT2D eigenvalue weighted by molar-refractivity contribution is 1.02. The summed E-state index contributed by atoms with van der Waals surface area (Å²) in [5.74, 6) is 0.683. The zero-order chi connectivity index (χ0) is 35.8. The zero-order valence-corrected chi connectivity index (χ0v) is 30.9. The molecule has 0 radical (unpaired) electrons. The minimum atomic E-state index is 0.683. The van der Waals surface area contributed by atoms with Gasteiger partial charge in [-0.25, -0.2) is 9.97 Å². The highest BCUT2D eigenvalue weighted by Crippen LogP contribution is 2.46. The van der Waals surface area contributed by atoms with E-state index in [0.29, 0.717) is 5.95 Å². The second kappa shape index (κ2) is 11.0. The van der Waals surface area contributed by atoms with Crippen LogP contribution < -0.4 is 0 Å². The van der Waals surface area contributed by atoms with Gasteiger partial charge in [0.1, 0.15) is 0 Å². The summed E-state index contributed by atoms with van der Waals surface area (Å²) in [7, 11) is 0. The van der Waals surface area contributed by atoms with Crippen molar-refractivity contribution < 1.29 is 0 Å². The molecule has 5 heteroatoms. The van der Waals surface area contributed by atoms with Crippen LogP contribution in [0.4, 0.5) is 0 Å². The first-order chi connectivity index (χ1) is 27.3. The van der Waals surface area contributed by atoms with Gasteiger partial charge in [0.05, 0.1) is 26.9 Å². The lowest BCUT2D eigenvalue weighted by Gasteiger charge is -2.13. The van der Waals surface area contributed by atoms with Crippen molar-refractivity contribution in [1.29, 1.82) is 0 Å². The van der Waals surface area contributed by atoms with Gasteiger partial charge in [0, 0.05) is 52.0 Å². The quantitative estimate of drug-likeness (QED) is 0.166. The summed E-state index contributed by atoms with van der Waals surface area (Å²) < 4.78 is 7.22. The third-order valence-electron chi connectivity index (χ3n) is 11.6. The van der Waals surface area contributed by atoms with E-state index in [1.165, 1.54) is 78.7 Å². The van der Waals surface area contributed by atoms with Crippen molar-refractivity contribution in [2.24, 2.45) is 0 Å². The molecule has 0 aliphatic rings. The Morgan fingerprint density at radius 2 is 0.945 bits per heavy atom. The molecule has 3 nitrogen and oxygen atoms in total. The third-order valence-corrected chi connectivity index (χ3v) is 13.9. The van der Waals surface area contributed by atoms with Crippen molar-refractivity contribution in [2.75, 3.05) is 0 Å². The average molecular weight is 734 g/mol. The molecular weight excluding hydrogens is 707 g/mol. The molecule has 4 aromatic heterocycles. The van der Waals surface area contributed by atoms with Crippen molar-refractivity contribution in [2.45, 2.75) is 0 Å². The minimum absolute atomic E-state index is 0.683. The van der Waals surface area contributed by atoms with Gasteiger partial charge < -0.3 is 0 Å². The van der Waals surface area contributed by atoms with Crippen molar-refractivity contribution in [3.05, 3.63) is 164 Å². The summed E-state index contributed by atoms with van der Waals surface area (Å²) in [4.78, 5) is 11.1. The number of hydrogen-bond donors (Lipinski definition) is 0. The predicted octanol–water partition coefficient (Wildman–Crippen LogP) is 14.6. The van der Waals surface area contributed by atoms with Gasteiger partial charge in [-0.1, -0.05) is 133 Å². The van der Waals surface area contributed by atoms with Crippen LogP contribution in [0.25, 0.3) is 123 Å². The van der Waals surface area contributed by atoms with Gasteiger partial charge in [0.15, 0.2) is 0 Å². The van der Waals surface area contributed by atoms with Gasteiger partial charge in [-0.05, 0) is 68.0 Å². The molecule has 0 saturated heterocycles. The second-order valence-corrected chi connectivity index (χ2v) is 16.6. The summed E-state index contributed by atoms with van der Waals surface area (Å²) in [5.41, 5.74) is 5.26. The normalized spacial score (nSPS) is 12.4. The molecule has 0 saturated carbocycles. The molecule has 0 amide bonds. The van der Waals surface area contributed by atoms with Gasteiger partial charge >= 0.3 is 0 Å². The molecule has 13 aromatic rings. The van der Waals surface area contributed by atoms with E-state index in [1.807, 2.05) is 11.3 Å². The fraction of sp³-hybridized carbons (Fsp3) is 0. The van der Waals surface area contributed by atoms with Crippen molar-refractivity contribution in [3.8, 4) is 17.2 Å². The van der Waals surface area contributed by atoms with Crippen LogP contribution in [-0.2, 0) is 0 Å². The molecule has 0 unspecified atom stereocenters. The predicted molar refractivity (Wildman–Crippen MR) is 238 cm³/mol. The number of nitrogens with zero attached hydrogens (tertiary/aromatic N) is 3. The molecule has 0 N–H and O–H groups in total. The van der Waals surface area contributed by atoms with Crippen molar-refractivity contribution in [1.82, 2.24) is 14.5 Å². The van der Waals surface area contributed by atoms with Crippen LogP contribution in [0.2, 0.25) is 0 Å². The fourth-order valence-electron chi connectivity index (χ4n) is 9.23. The average Bonchev–Trinajstić information content (AvgIpc) is 3.92. The second-order valence-electron chi connectivity index (χ2n) is 14.4. The van der Waals surface area contributed by atoms with E-state index >= 15 is 0 Å². The fourth-order valence-corrected chi connectivity index (χ4v) is 11.5. The molecule has 0 atom stereocenters. The Balaban J connectivity index is 1.21. The summed E-state index contributed by atoms with van der Waals surface area (Å²) >= 11 is 3.63. The van der Waals surface area contributed by atoms with Crippen LogP contribution in [0.3, 0.4) is 0 Å². The molecule has 0 bridgehead atoms.